The van der Waals surface area contributed by atoms with Crippen LogP contribution in [-0.4, -0.2) is 18.6 Å². The number of halogens is 1. The van der Waals surface area contributed by atoms with E-state index in [1.54, 1.807) is 18.2 Å². The summed E-state index contributed by atoms with van der Waals surface area (Å²) in [7, 11) is 1.40. The monoisotopic (exact) mass is 304 g/mol. The largest absolute Gasteiger partial charge is 0.490 e. The van der Waals surface area contributed by atoms with Gasteiger partial charge >= 0.3 is 5.69 Å². The molecule has 0 aromatic heterocycles. The first-order valence-electron chi connectivity index (χ1n) is 6.86. The Balaban J connectivity index is 1.89. The van der Waals surface area contributed by atoms with Gasteiger partial charge in [-0.2, -0.15) is 0 Å². The minimum atomic E-state index is -0.463. The molecular formula is C16H17FN2O3. The number of nitro benzene ring substituents is 1. The van der Waals surface area contributed by atoms with E-state index < -0.39 is 4.92 Å². The minimum absolute atomic E-state index is 0.0491. The molecule has 0 atom stereocenters. The number of nitrogens with zero attached hydrogens (tertiary/aromatic N) is 1. The normalized spacial score (nSPS) is 10.5. The van der Waals surface area contributed by atoms with Gasteiger partial charge in [0.15, 0.2) is 5.75 Å². The highest BCUT2D eigenvalue weighted by Crippen LogP contribution is 2.27. The summed E-state index contributed by atoms with van der Waals surface area (Å²) in [6.07, 6.45) is 0.690. The van der Waals surface area contributed by atoms with Crippen molar-refractivity contribution in [1.29, 1.82) is 0 Å². The van der Waals surface area contributed by atoms with Crippen LogP contribution in [0.3, 0.4) is 0 Å². The van der Waals surface area contributed by atoms with E-state index in [1.165, 1.54) is 25.3 Å². The van der Waals surface area contributed by atoms with Gasteiger partial charge in [-0.05, 0) is 42.3 Å². The third-order valence-corrected chi connectivity index (χ3v) is 3.25. The second-order valence-corrected chi connectivity index (χ2v) is 4.82. The highest BCUT2D eigenvalue weighted by Gasteiger charge is 2.14. The van der Waals surface area contributed by atoms with Crippen molar-refractivity contribution in [3.63, 3.8) is 0 Å². The molecule has 6 heteroatoms. The molecule has 0 saturated heterocycles. The van der Waals surface area contributed by atoms with E-state index in [4.69, 9.17) is 4.74 Å². The molecule has 0 spiro atoms. The molecule has 116 valence electrons. The van der Waals surface area contributed by atoms with Gasteiger partial charge in [-0.15, -0.1) is 0 Å². The molecule has 0 amide bonds. The molecule has 0 aliphatic carbocycles. The topological polar surface area (TPSA) is 64.4 Å². The third kappa shape index (κ3) is 4.26. The van der Waals surface area contributed by atoms with Crippen molar-refractivity contribution in [2.75, 3.05) is 13.7 Å². The summed E-state index contributed by atoms with van der Waals surface area (Å²) in [6.45, 7) is 1.16. The van der Waals surface area contributed by atoms with Gasteiger partial charge in [-0.3, -0.25) is 10.1 Å². The highest BCUT2D eigenvalue weighted by molar-refractivity contribution is 5.48. The fraction of sp³-hybridized carbons (Fsp3) is 0.250. The smallest absolute Gasteiger partial charge is 0.311 e. The molecule has 22 heavy (non-hydrogen) atoms. The number of ether oxygens (including phenoxy) is 1. The molecule has 0 bridgehead atoms. The van der Waals surface area contributed by atoms with Crippen molar-refractivity contribution >= 4 is 5.69 Å². The van der Waals surface area contributed by atoms with E-state index in [2.05, 4.69) is 5.32 Å². The third-order valence-electron chi connectivity index (χ3n) is 3.25. The number of nitro groups is 1. The fourth-order valence-electron chi connectivity index (χ4n) is 2.15. The lowest BCUT2D eigenvalue weighted by Crippen LogP contribution is -2.16. The van der Waals surface area contributed by atoms with Gasteiger partial charge in [0.25, 0.3) is 0 Å². The summed E-state index contributed by atoms with van der Waals surface area (Å²) in [6, 6.07) is 11.3. The van der Waals surface area contributed by atoms with Gasteiger partial charge in [0.05, 0.1) is 12.0 Å². The molecule has 2 rings (SSSR count). The summed E-state index contributed by atoms with van der Waals surface area (Å²) in [5.74, 6) is -0.00297. The highest BCUT2D eigenvalue weighted by atomic mass is 19.1. The Hall–Kier alpha value is -2.47. The Morgan fingerprint density at radius 1 is 1.23 bits per heavy atom. The summed E-state index contributed by atoms with van der Waals surface area (Å²) in [5.41, 5.74) is 1.66. The predicted molar refractivity (Wildman–Crippen MR) is 81.5 cm³/mol. The lowest BCUT2D eigenvalue weighted by Gasteiger charge is -2.07. The Morgan fingerprint density at radius 3 is 2.73 bits per heavy atom. The first-order chi connectivity index (χ1) is 10.6. The van der Waals surface area contributed by atoms with Gasteiger partial charge in [0, 0.05) is 12.6 Å². The standard InChI is InChI=1S/C16H17FN2O3/c1-22-16-6-5-13(10-15(16)19(20)21)11-18-8-7-12-3-2-4-14(17)9-12/h2-6,9-10,18H,7-8,11H2,1H3. The van der Waals surface area contributed by atoms with Crippen molar-refractivity contribution in [2.24, 2.45) is 0 Å². The van der Waals surface area contributed by atoms with Crippen molar-refractivity contribution < 1.29 is 14.1 Å². The SMILES string of the molecule is COc1ccc(CNCCc2cccc(F)c2)cc1[N+](=O)[O-]. The molecule has 0 aliphatic rings. The van der Waals surface area contributed by atoms with Crippen LogP contribution in [0.25, 0.3) is 0 Å². The van der Waals surface area contributed by atoms with Crippen molar-refractivity contribution in [1.82, 2.24) is 5.32 Å². The number of methoxy groups -OCH3 is 1. The maximum atomic E-state index is 13.0. The van der Waals surface area contributed by atoms with E-state index in [0.29, 0.717) is 19.5 Å². The van der Waals surface area contributed by atoms with Crippen LogP contribution in [0.4, 0.5) is 10.1 Å². The lowest BCUT2D eigenvalue weighted by atomic mass is 10.1. The molecular weight excluding hydrogens is 287 g/mol. The van der Waals surface area contributed by atoms with Crippen LogP contribution in [0.5, 0.6) is 5.75 Å². The second kappa shape index (κ2) is 7.51. The number of nitrogens with one attached hydrogen (secondary N) is 1. The van der Waals surface area contributed by atoms with Crippen LogP contribution in [0.1, 0.15) is 11.1 Å². The molecule has 0 unspecified atom stereocenters. The number of hydrogen-bond donors (Lipinski definition) is 1. The quantitative estimate of drug-likeness (QED) is 0.485. The zero-order valence-electron chi connectivity index (χ0n) is 12.2. The van der Waals surface area contributed by atoms with Crippen LogP contribution in [0.2, 0.25) is 0 Å². The van der Waals surface area contributed by atoms with Gasteiger partial charge < -0.3 is 10.1 Å². The van der Waals surface area contributed by atoms with Gasteiger partial charge in [0.2, 0.25) is 0 Å². The minimum Gasteiger partial charge on any atom is -0.490 e. The van der Waals surface area contributed by atoms with Crippen LogP contribution in [0.15, 0.2) is 42.5 Å². The molecule has 0 saturated carbocycles. The van der Waals surface area contributed by atoms with Crippen LogP contribution in [0, 0.1) is 15.9 Å². The van der Waals surface area contributed by atoms with E-state index >= 15 is 0 Å². The summed E-state index contributed by atoms with van der Waals surface area (Å²) >= 11 is 0. The summed E-state index contributed by atoms with van der Waals surface area (Å²) in [4.78, 5) is 10.5. The Bertz CT molecular complexity index is 662. The molecule has 0 aliphatic heterocycles. The first-order valence-corrected chi connectivity index (χ1v) is 6.86. The molecule has 5 nitrogen and oxygen atoms in total. The zero-order chi connectivity index (χ0) is 15.9. The van der Waals surface area contributed by atoms with Gasteiger partial charge in [-0.1, -0.05) is 18.2 Å². The number of benzene rings is 2. The van der Waals surface area contributed by atoms with Crippen molar-refractivity contribution in [3.05, 3.63) is 69.5 Å². The Kier molecular flexibility index (Phi) is 5.43. The molecule has 2 aromatic carbocycles. The maximum absolute atomic E-state index is 13.0. The van der Waals surface area contributed by atoms with E-state index in [9.17, 15) is 14.5 Å². The summed E-state index contributed by atoms with van der Waals surface area (Å²) < 4.78 is 18.0. The fourth-order valence-corrected chi connectivity index (χ4v) is 2.15. The number of rotatable bonds is 7. The second-order valence-electron chi connectivity index (χ2n) is 4.82. The molecule has 0 heterocycles. The molecule has 0 radical (unpaired) electrons. The van der Waals surface area contributed by atoms with Crippen molar-refractivity contribution in [3.8, 4) is 5.75 Å². The van der Waals surface area contributed by atoms with Gasteiger partial charge in [-0.25, -0.2) is 4.39 Å². The van der Waals surface area contributed by atoms with Crippen molar-refractivity contribution in [2.45, 2.75) is 13.0 Å². The average molecular weight is 304 g/mol. The zero-order valence-corrected chi connectivity index (χ0v) is 12.2. The Morgan fingerprint density at radius 2 is 2.05 bits per heavy atom. The lowest BCUT2D eigenvalue weighted by molar-refractivity contribution is -0.385. The van der Waals surface area contributed by atoms with Crippen LogP contribution in [-0.2, 0) is 13.0 Å². The molecule has 0 fully saturated rings. The van der Waals surface area contributed by atoms with E-state index in [0.717, 1.165) is 11.1 Å². The van der Waals surface area contributed by atoms with E-state index in [-0.39, 0.29) is 17.3 Å². The first kappa shape index (κ1) is 15.9. The average Bonchev–Trinajstić information content (AvgIpc) is 2.51. The molecule has 2 aromatic rings. The Labute approximate surface area is 127 Å². The predicted octanol–water partition coefficient (Wildman–Crippen LogP) is 3.07. The van der Waals surface area contributed by atoms with Gasteiger partial charge in [0.1, 0.15) is 5.82 Å². The maximum Gasteiger partial charge on any atom is 0.311 e. The van der Waals surface area contributed by atoms with Crippen LogP contribution >= 0.6 is 0 Å². The number of hydrogen-bond acceptors (Lipinski definition) is 4. The summed E-state index contributed by atoms with van der Waals surface area (Å²) in [5, 5.41) is 14.1. The van der Waals surface area contributed by atoms with Crippen LogP contribution < -0.4 is 10.1 Å². The van der Waals surface area contributed by atoms with E-state index in [1.807, 2.05) is 6.07 Å². The molecule has 1 N–H and O–H groups in total.